The molecule has 0 aliphatic rings. The Hall–Kier alpha value is -3.23. The van der Waals surface area contributed by atoms with Crippen molar-refractivity contribution in [2.24, 2.45) is 5.92 Å². The summed E-state index contributed by atoms with van der Waals surface area (Å²) in [6, 6.07) is 20.1. The monoisotopic (exact) mass is 619 g/mol. The SMILES string of the molecule is CC(C)C(=O)c1cnc([C@H](Cc2ccccc2)C[C@H](O[Si](C)(C)C(C)(C)C)[C@H](Cc2ccccc2)NC(=O)OC(C)(C)C)[nH]1. The van der Waals surface area contributed by atoms with Crippen molar-refractivity contribution in [3.05, 3.63) is 89.5 Å². The number of amides is 1. The Morgan fingerprint density at radius 2 is 1.43 bits per heavy atom. The van der Waals surface area contributed by atoms with E-state index in [9.17, 15) is 9.59 Å². The number of hydrogen-bond acceptors (Lipinski definition) is 5. The number of carbonyl (C=O) groups is 2. The van der Waals surface area contributed by atoms with Crippen LogP contribution >= 0.6 is 0 Å². The van der Waals surface area contributed by atoms with Gasteiger partial charge in [-0.15, -0.1) is 0 Å². The van der Waals surface area contributed by atoms with Gasteiger partial charge in [0.15, 0.2) is 14.1 Å². The molecule has 1 aromatic heterocycles. The molecule has 0 bridgehead atoms. The van der Waals surface area contributed by atoms with Crippen molar-refractivity contribution in [1.82, 2.24) is 15.3 Å². The van der Waals surface area contributed by atoms with Crippen LogP contribution in [0.3, 0.4) is 0 Å². The molecule has 0 fully saturated rings. The highest BCUT2D eigenvalue weighted by molar-refractivity contribution is 6.74. The zero-order valence-electron chi connectivity index (χ0n) is 28.4. The zero-order chi connectivity index (χ0) is 32.7. The van der Waals surface area contributed by atoms with Crippen molar-refractivity contribution in [1.29, 1.82) is 0 Å². The molecule has 7 nitrogen and oxygen atoms in total. The van der Waals surface area contributed by atoms with Crippen LogP contribution in [0.15, 0.2) is 66.9 Å². The van der Waals surface area contributed by atoms with Gasteiger partial charge in [0.1, 0.15) is 17.1 Å². The molecule has 0 spiro atoms. The fourth-order valence-electron chi connectivity index (χ4n) is 4.90. The molecule has 0 radical (unpaired) electrons. The van der Waals surface area contributed by atoms with Crippen molar-refractivity contribution in [2.75, 3.05) is 0 Å². The van der Waals surface area contributed by atoms with Crippen molar-refractivity contribution in [3.63, 3.8) is 0 Å². The second kappa shape index (κ2) is 14.7. The average molecular weight is 620 g/mol. The maximum atomic E-state index is 13.3. The van der Waals surface area contributed by atoms with Gasteiger partial charge >= 0.3 is 6.09 Å². The van der Waals surface area contributed by atoms with Gasteiger partial charge in [-0.05, 0) is 69.3 Å². The molecule has 0 saturated carbocycles. The Kier molecular flexibility index (Phi) is 11.8. The van der Waals surface area contributed by atoms with E-state index in [-0.39, 0.29) is 34.8 Å². The van der Waals surface area contributed by atoms with Gasteiger partial charge in [-0.2, -0.15) is 0 Å². The molecule has 3 atom stereocenters. The first kappa shape index (κ1) is 35.2. The van der Waals surface area contributed by atoms with E-state index in [4.69, 9.17) is 14.1 Å². The van der Waals surface area contributed by atoms with Gasteiger partial charge in [0.2, 0.25) is 0 Å². The highest BCUT2D eigenvalue weighted by Gasteiger charge is 2.42. The summed E-state index contributed by atoms with van der Waals surface area (Å²) >= 11 is 0. The lowest BCUT2D eigenvalue weighted by molar-refractivity contribution is 0.0418. The summed E-state index contributed by atoms with van der Waals surface area (Å²) in [5.74, 6) is 0.542. The maximum Gasteiger partial charge on any atom is 0.407 e. The molecule has 3 rings (SSSR count). The third-order valence-corrected chi connectivity index (χ3v) is 12.8. The van der Waals surface area contributed by atoms with E-state index in [1.807, 2.05) is 71.0 Å². The quantitative estimate of drug-likeness (QED) is 0.148. The van der Waals surface area contributed by atoms with E-state index >= 15 is 0 Å². The van der Waals surface area contributed by atoms with E-state index in [2.05, 4.69) is 68.4 Å². The van der Waals surface area contributed by atoms with Gasteiger partial charge < -0.3 is 19.5 Å². The minimum Gasteiger partial charge on any atom is -0.444 e. The average Bonchev–Trinajstić information content (AvgIpc) is 3.41. The number of hydrogen-bond donors (Lipinski definition) is 2. The van der Waals surface area contributed by atoms with Crippen LogP contribution in [0.1, 0.15) is 95.2 Å². The molecule has 240 valence electrons. The lowest BCUT2D eigenvalue weighted by Crippen LogP contribution is -2.53. The molecule has 8 heteroatoms. The Bertz CT molecular complexity index is 1340. The summed E-state index contributed by atoms with van der Waals surface area (Å²) in [7, 11) is -2.31. The van der Waals surface area contributed by atoms with Crippen LogP contribution in [0.2, 0.25) is 18.1 Å². The van der Waals surface area contributed by atoms with Crippen molar-refractivity contribution in [2.45, 2.75) is 116 Å². The van der Waals surface area contributed by atoms with Crippen LogP contribution in [0.5, 0.6) is 0 Å². The Morgan fingerprint density at radius 3 is 1.93 bits per heavy atom. The second-order valence-corrected chi connectivity index (χ2v) is 19.4. The third-order valence-electron chi connectivity index (χ3n) is 8.32. The topological polar surface area (TPSA) is 93.3 Å². The molecule has 1 heterocycles. The number of ether oxygens (including phenoxy) is 1. The zero-order valence-corrected chi connectivity index (χ0v) is 29.4. The first-order valence-corrected chi connectivity index (χ1v) is 18.7. The van der Waals surface area contributed by atoms with Gasteiger partial charge in [-0.25, -0.2) is 9.78 Å². The molecule has 0 aliphatic carbocycles. The number of aromatic amines is 1. The van der Waals surface area contributed by atoms with Gasteiger partial charge in [0.25, 0.3) is 0 Å². The van der Waals surface area contributed by atoms with Gasteiger partial charge in [0, 0.05) is 11.8 Å². The van der Waals surface area contributed by atoms with E-state index in [0.717, 1.165) is 17.0 Å². The van der Waals surface area contributed by atoms with E-state index in [0.29, 0.717) is 25.0 Å². The normalized spacial score (nSPS) is 14.6. The fraction of sp³-hybridized carbons (Fsp3) is 0.528. The minimum atomic E-state index is -2.31. The number of benzene rings is 2. The highest BCUT2D eigenvalue weighted by atomic mass is 28.4. The van der Waals surface area contributed by atoms with E-state index in [1.54, 1.807) is 6.20 Å². The molecule has 2 aromatic carbocycles. The summed E-state index contributed by atoms with van der Waals surface area (Å²) in [5.41, 5.74) is 2.14. The maximum absolute atomic E-state index is 13.3. The minimum absolute atomic E-state index is 0.0323. The first-order chi connectivity index (χ1) is 20.4. The lowest BCUT2D eigenvalue weighted by atomic mass is 9.89. The predicted octanol–water partition coefficient (Wildman–Crippen LogP) is 8.49. The lowest BCUT2D eigenvalue weighted by Gasteiger charge is -2.42. The van der Waals surface area contributed by atoms with Crippen molar-refractivity contribution >= 4 is 20.2 Å². The predicted molar refractivity (Wildman–Crippen MR) is 181 cm³/mol. The molecule has 1 amide bonds. The number of Topliss-reactive ketones (excluding diaryl/α,β-unsaturated/α-hetero) is 1. The van der Waals surface area contributed by atoms with Crippen LogP contribution in [-0.2, 0) is 22.0 Å². The van der Waals surface area contributed by atoms with E-state index in [1.165, 1.54) is 0 Å². The van der Waals surface area contributed by atoms with Gasteiger partial charge in [0.05, 0.1) is 18.3 Å². The summed E-state index contributed by atoms with van der Waals surface area (Å²) in [5, 5.41) is 3.16. The number of alkyl carbamates (subject to hydrolysis) is 1. The molecule has 44 heavy (non-hydrogen) atoms. The molecule has 0 unspecified atom stereocenters. The van der Waals surface area contributed by atoms with Crippen molar-refractivity contribution < 1.29 is 18.8 Å². The molecule has 3 aromatic rings. The number of imidazole rings is 1. The van der Waals surface area contributed by atoms with Crippen LogP contribution < -0.4 is 5.32 Å². The van der Waals surface area contributed by atoms with E-state index < -0.39 is 20.0 Å². The van der Waals surface area contributed by atoms with Crippen molar-refractivity contribution in [3.8, 4) is 0 Å². The highest BCUT2D eigenvalue weighted by Crippen LogP contribution is 2.39. The fourth-order valence-corrected chi connectivity index (χ4v) is 6.27. The number of aromatic nitrogens is 2. The van der Waals surface area contributed by atoms with Gasteiger partial charge in [-0.1, -0.05) is 95.3 Å². The number of nitrogens with one attached hydrogen (secondary N) is 2. The summed E-state index contributed by atoms with van der Waals surface area (Å²) in [6.45, 7) is 20.5. The standard InChI is InChI=1S/C36H53N3O4Si/c1-25(2)32(40)30-24-37-33(38-30)28(21-26-17-13-11-14-18-26)23-31(43-44(9,10)36(6,7)8)29(22-27-19-15-12-16-20-27)39-34(41)42-35(3,4)5/h11-20,24-25,28-29,31H,21-23H2,1-10H3,(H,37,38)(H,39,41)/t28-,29+,31+/m1/s1. The second-order valence-electron chi connectivity index (χ2n) is 14.7. The first-order valence-electron chi connectivity index (χ1n) is 15.8. The van der Waals surface area contributed by atoms with Gasteiger partial charge in [-0.3, -0.25) is 4.79 Å². The summed E-state index contributed by atoms with van der Waals surface area (Å²) < 4.78 is 13.0. The molecular formula is C36H53N3O4Si. The largest absolute Gasteiger partial charge is 0.444 e. The molecule has 0 saturated heterocycles. The number of H-pyrrole nitrogens is 1. The Balaban J connectivity index is 2.09. The third kappa shape index (κ3) is 10.4. The summed E-state index contributed by atoms with van der Waals surface area (Å²) in [6.07, 6.45) is 2.69. The molecule has 2 N–H and O–H groups in total. The number of ketones is 1. The Morgan fingerprint density at radius 1 is 0.886 bits per heavy atom. The molecule has 0 aliphatic heterocycles. The van der Waals surface area contributed by atoms with Crippen LogP contribution in [0, 0.1) is 5.92 Å². The summed E-state index contributed by atoms with van der Waals surface area (Å²) in [4.78, 5) is 34.2. The Labute approximate surface area is 265 Å². The number of nitrogens with zero attached hydrogens (tertiary/aromatic N) is 1. The number of rotatable bonds is 13. The van der Waals surface area contributed by atoms with Crippen LogP contribution in [0.25, 0.3) is 0 Å². The number of carbonyl (C=O) groups excluding carboxylic acids is 2. The van der Waals surface area contributed by atoms with Crippen LogP contribution in [-0.4, -0.2) is 47.9 Å². The van der Waals surface area contributed by atoms with Crippen LogP contribution in [0.4, 0.5) is 4.79 Å². The smallest absolute Gasteiger partial charge is 0.407 e. The molecular weight excluding hydrogens is 566 g/mol.